The lowest BCUT2D eigenvalue weighted by atomic mass is 10.1. The van der Waals surface area contributed by atoms with E-state index in [-0.39, 0.29) is 30.3 Å². The van der Waals surface area contributed by atoms with Crippen molar-refractivity contribution >= 4 is 17.8 Å². The summed E-state index contributed by atoms with van der Waals surface area (Å²) in [6.45, 7) is 1.78. The van der Waals surface area contributed by atoms with Gasteiger partial charge in [-0.1, -0.05) is 6.07 Å². The SMILES string of the molecule is CC(=O)Oc1cccc(C(=O)NCCCNC(=O)c2cc(O)c(O)c(O)c2)c1. The molecule has 0 spiro atoms. The minimum atomic E-state index is -0.697. The number of ether oxygens (including phenoxy) is 1. The normalized spacial score (nSPS) is 10.2. The number of benzene rings is 2. The van der Waals surface area contributed by atoms with Gasteiger partial charge < -0.3 is 30.7 Å². The molecule has 0 saturated heterocycles. The maximum atomic E-state index is 12.1. The third-order valence-corrected chi connectivity index (χ3v) is 3.61. The number of phenols is 3. The molecule has 0 aliphatic heterocycles. The third-order valence-electron chi connectivity index (χ3n) is 3.61. The van der Waals surface area contributed by atoms with Crippen molar-refractivity contribution in [1.82, 2.24) is 10.6 Å². The molecule has 0 saturated carbocycles. The number of amides is 2. The Morgan fingerprint density at radius 2 is 1.46 bits per heavy atom. The third kappa shape index (κ3) is 5.63. The molecule has 2 aromatic carbocycles. The molecule has 0 heterocycles. The number of esters is 1. The van der Waals surface area contributed by atoms with Gasteiger partial charge in [-0.15, -0.1) is 0 Å². The van der Waals surface area contributed by atoms with E-state index in [1.165, 1.54) is 13.0 Å². The minimum absolute atomic E-state index is 0.0147. The lowest BCUT2D eigenvalue weighted by Crippen LogP contribution is -2.29. The average Bonchev–Trinajstić information content (AvgIpc) is 2.64. The molecule has 2 rings (SSSR count). The van der Waals surface area contributed by atoms with Gasteiger partial charge in [0.2, 0.25) is 0 Å². The van der Waals surface area contributed by atoms with E-state index in [1.807, 2.05) is 0 Å². The monoisotopic (exact) mass is 388 g/mol. The Bertz CT molecular complexity index is 873. The summed E-state index contributed by atoms with van der Waals surface area (Å²) < 4.78 is 4.92. The zero-order chi connectivity index (χ0) is 20.7. The van der Waals surface area contributed by atoms with E-state index in [2.05, 4.69) is 10.6 Å². The van der Waals surface area contributed by atoms with Crippen molar-refractivity contribution in [2.45, 2.75) is 13.3 Å². The van der Waals surface area contributed by atoms with Crippen LogP contribution in [0.3, 0.4) is 0 Å². The fraction of sp³-hybridized carbons (Fsp3) is 0.211. The molecular formula is C19H20N2O7. The van der Waals surface area contributed by atoms with Crippen LogP contribution in [0.4, 0.5) is 0 Å². The molecule has 2 amide bonds. The number of hydrogen-bond donors (Lipinski definition) is 5. The largest absolute Gasteiger partial charge is 0.504 e. The van der Waals surface area contributed by atoms with Crippen LogP contribution >= 0.6 is 0 Å². The lowest BCUT2D eigenvalue weighted by molar-refractivity contribution is -0.131. The zero-order valence-corrected chi connectivity index (χ0v) is 15.1. The summed E-state index contributed by atoms with van der Waals surface area (Å²) in [5.74, 6) is -3.02. The van der Waals surface area contributed by atoms with Gasteiger partial charge in [0, 0.05) is 31.1 Å². The van der Waals surface area contributed by atoms with Crippen LogP contribution < -0.4 is 15.4 Å². The summed E-state index contributed by atoms with van der Waals surface area (Å²) >= 11 is 0. The van der Waals surface area contributed by atoms with Gasteiger partial charge in [-0.3, -0.25) is 14.4 Å². The van der Waals surface area contributed by atoms with Crippen LogP contribution in [-0.4, -0.2) is 46.2 Å². The first kappa shape index (κ1) is 20.6. The number of carbonyl (C=O) groups excluding carboxylic acids is 3. The molecule has 0 atom stereocenters. The molecule has 0 unspecified atom stereocenters. The zero-order valence-electron chi connectivity index (χ0n) is 15.1. The molecule has 5 N–H and O–H groups in total. The van der Waals surface area contributed by atoms with E-state index in [9.17, 15) is 29.7 Å². The summed E-state index contributed by atoms with van der Waals surface area (Å²) in [4.78, 5) is 35.0. The van der Waals surface area contributed by atoms with Gasteiger partial charge >= 0.3 is 5.97 Å². The molecular weight excluding hydrogens is 368 g/mol. The molecule has 0 aliphatic carbocycles. The summed E-state index contributed by atoms with van der Waals surface area (Å²) in [5, 5.41) is 33.3. The van der Waals surface area contributed by atoms with E-state index in [1.54, 1.807) is 18.2 Å². The van der Waals surface area contributed by atoms with Gasteiger partial charge in [0.25, 0.3) is 11.8 Å². The van der Waals surface area contributed by atoms with Gasteiger partial charge in [0.05, 0.1) is 0 Å². The first-order valence-corrected chi connectivity index (χ1v) is 8.37. The van der Waals surface area contributed by atoms with Crippen molar-refractivity contribution in [2.24, 2.45) is 0 Å². The Hall–Kier alpha value is -3.75. The second-order valence-electron chi connectivity index (χ2n) is 5.85. The standard InChI is InChI=1S/C19H20N2O7/c1-11(22)28-14-5-2-4-12(8-14)18(26)20-6-3-7-21-19(27)13-9-15(23)17(25)16(24)10-13/h2,4-5,8-10,23-25H,3,6-7H2,1H3,(H,20,26)(H,21,27). The van der Waals surface area contributed by atoms with Crippen LogP contribution in [0.1, 0.15) is 34.1 Å². The van der Waals surface area contributed by atoms with Crippen LogP contribution in [0.5, 0.6) is 23.0 Å². The van der Waals surface area contributed by atoms with Crippen molar-refractivity contribution in [3.8, 4) is 23.0 Å². The highest BCUT2D eigenvalue weighted by atomic mass is 16.5. The Kier molecular flexibility index (Phi) is 6.80. The van der Waals surface area contributed by atoms with Gasteiger partial charge in [0.1, 0.15) is 5.75 Å². The molecule has 2 aromatic rings. The molecule has 148 valence electrons. The Morgan fingerprint density at radius 3 is 2.04 bits per heavy atom. The molecule has 0 aromatic heterocycles. The Balaban J connectivity index is 1.78. The summed E-state index contributed by atoms with van der Waals surface area (Å²) in [5.41, 5.74) is 0.317. The van der Waals surface area contributed by atoms with E-state index in [4.69, 9.17) is 4.74 Å². The summed E-state index contributed by atoms with van der Waals surface area (Å²) in [7, 11) is 0. The van der Waals surface area contributed by atoms with E-state index < -0.39 is 29.1 Å². The van der Waals surface area contributed by atoms with Crippen LogP contribution in [-0.2, 0) is 4.79 Å². The van der Waals surface area contributed by atoms with Crippen molar-refractivity contribution in [3.05, 3.63) is 47.5 Å². The fourth-order valence-electron chi connectivity index (χ4n) is 2.30. The van der Waals surface area contributed by atoms with E-state index in [0.717, 1.165) is 12.1 Å². The summed E-state index contributed by atoms with van der Waals surface area (Å²) in [6.07, 6.45) is 0.428. The number of hydrogen-bond acceptors (Lipinski definition) is 7. The highest BCUT2D eigenvalue weighted by Gasteiger charge is 2.13. The Morgan fingerprint density at radius 1 is 0.893 bits per heavy atom. The highest BCUT2D eigenvalue weighted by Crippen LogP contribution is 2.35. The van der Waals surface area contributed by atoms with Gasteiger partial charge in [-0.25, -0.2) is 0 Å². The van der Waals surface area contributed by atoms with Crippen LogP contribution in [0.2, 0.25) is 0 Å². The smallest absolute Gasteiger partial charge is 0.308 e. The van der Waals surface area contributed by atoms with Crippen molar-refractivity contribution in [2.75, 3.05) is 13.1 Å². The lowest BCUT2D eigenvalue weighted by Gasteiger charge is -2.09. The fourth-order valence-corrected chi connectivity index (χ4v) is 2.30. The quantitative estimate of drug-likeness (QED) is 0.208. The van der Waals surface area contributed by atoms with Gasteiger partial charge in [-0.2, -0.15) is 0 Å². The van der Waals surface area contributed by atoms with Crippen LogP contribution in [0.15, 0.2) is 36.4 Å². The molecule has 9 nitrogen and oxygen atoms in total. The number of carbonyl (C=O) groups is 3. The topological polar surface area (TPSA) is 145 Å². The number of rotatable bonds is 7. The maximum absolute atomic E-state index is 12.1. The van der Waals surface area contributed by atoms with Crippen LogP contribution in [0, 0.1) is 0 Å². The van der Waals surface area contributed by atoms with Gasteiger partial charge in [0.15, 0.2) is 17.2 Å². The number of nitrogens with one attached hydrogen (secondary N) is 2. The molecule has 9 heteroatoms. The average molecular weight is 388 g/mol. The second kappa shape index (κ2) is 9.26. The molecule has 0 radical (unpaired) electrons. The first-order chi connectivity index (χ1) is 13.3. The molecule has 0 bridgehead atoms. The molecule has 0 aliphatic rings. The van der Waals surface area contributed by atoms with Crippen LogP contribution in [0.25, 0.3) is 0 Å². The van der Waals surface area contributed by atoms with Gasteiger partial charge in [-0.05, 0) is 36.8 Å². The van der Waals surface area contributed by atoms with E-state index in [0.29, 0.717) is 12.0 Å². The Labute approximate surface area is 160 Å². The van der Waals surface area contributed by atoms with Crippen molar-refractivity contribution < 1.29 is 34.4 Å². The molecule has 28 heavy (non-hydrogen) atoms. The first-order valence-electron chi connectivity index (χ1n) is 8.37. The highest BCUT2D eigenvalue weighted by molar-refractivity contribution is 5.95. The van der Waals surface area contributed by atoms with Crippen molar-refractivity contribution in [1.29, 1.82) is 0 Å². The van der Waals surface area contributed by atoms with Crippen molar-refractivity contribution in [3.63, 3.8) is 0 Å². The predicted octanol–water partition coefficient (Wildman–Crippen LogP) is 1.28. The summed E-state index contributed by atoms with van der Waals surface area (Å²) in [6, 6.07) is 8.24. The second-order valence-corrected chi connectivity index (χ2v) is 5.85. The molecule has 0 fully saturated rings. The predicted molar refractivity (Wildman–Crippen MR) is 98.5 cm³/mol. The van der Waals surface area contributed by atoms with E-state index >= 15 is 0 Å². The maximum Gasteiger partial charge on any atom is 0.308 e. The minimum Gasteiger partial charge on any atom is -0.504 e. The number of aromatic hydroxyl groups is 3. The number of phenolic OH excluding ortho intramolecular Hbond substituents is 3.